The second kappa shape index (κ2) is 10.7. The van der Waals surface area contributed by atoms with Crippen molar-refractivity contribution in [3.8, 4) is 17.3 Å². The maximum Gasteiger partial charge on any atom is 0.394 e. The van der Waals surface area contributed by atoms with E-state index in [0.29, 0.717) is 36.2 Å². The summed E-state index contributed by atoms with van der Waals surface area (Å²) in [6.45, 7) is 4.32. The summed E-state index contributed by atoms with van der Waals surface area (Å²) in [7, 11) is -3.19. The Morgan fingerprint density at radius 2 is 1.89 bits per heavy atom. The molecule has 0 radical (unpaired) electrons. The number of carbonyl (C=O) groups excluding carboxylic acids is 1. The van der Waals surface area contributed by atoms with Crippen molar-refractivity contribution in [1.29, 1.82) is 5.26 Å². The van der Waals surface area contributed by atoms with Crippen LogP contribution in [0.2, 0.25) is 0 Å². The minimum atomic E-state index is -4.40. The molecule has 0 bridgehead atoms. The van der Waals surface area contributed by atoms with Gasteiger partial charge in [0.1, 0.15) is 9.84 Å². The predicted molar refractivity (Wildman–Crippen MR) is 136 cm³/mol. The van der Waals surface area contributed by atoms with Crippen molar-refractivity contribution in [3.05, 3.63) is 41.1 Å². The van der Waals surface area contributed by atoms with E-state index < -0.39 is 38.2 Å². The van der Waals surface area contributed by atoms with Crippen molar-refractivity contribution < 1.29 is 31.5 Å². The van der Waals surface area contributed by atoms with E-state index in [0.717, 1.165) is 13.8 Å². The number of sulfone groups is 1. The topological polar surface area (TPSA) is 125 Å². The fourth-order valence-electron chi connectivity index (χ4n) is 4.68. The zero-order chi connectivity index (χ0) is 28.5. The van der Waals surface area contributed by atoms with E-state index in [1.165, 1.54) is 23.1 Å². The number of nitrogens with zero attached hydrogens (tertiary/aromatic N) is 3. The minimum Gasteiger partial charge on any atom is -0.388 e. The van der Waals surface area contributed by atoms with E-state index in [4.69, 9.17) is 0 Å². The summed E-state index contributed by atoms with van der Waals surface area (Å²) in [4.78, 5) is 12.9. The third-order valence-electron chi connectivity index (χ3n) is 7.25. The molecule has 0 spiro atoms. The van der Waals surface area contributed by atoms with Crippen molar-refractivity contribution in [2.45, 2.75) is 76.4 Å². The molecule has 1 aliphatic carbocycles. The molecule has 1 amide bonds. The van der Waals surface area contributed by atoms with Gasteiger partial charge in [-0.25, -0.2) is 8.42 Å². The number of aryl methyl sites for hydroxylation is 1. The monoisotopic (exact) mass is 554 g/mol. The molecule has 12 heteroatoms. The summed E-state index contributed by atoms with van der Waals surface area (Å²) >= 11 is 0. The van der Waals surface area contributed by atoms with Crippen molar-refractivity contribution in [2.24, 2.45) is 5.41 Å². The van der Waals surface area contributed by atoms with Gasteiger partial charge < -0.3 is 10.4 Å². The number of aliphatic hydroxyl groups is 1. The number of benzene rings is 1. The van der Waals surface area contributed by atoms with Crippen molar-refractivity contribution in [1.82, 2.24) is 15.1 Å². The first-order valence-corrected chi connectivity index (χ1v) is 14.3. The van der Waals surface area contributed by atoms with E-state index in [-0.39, 0.29) is 37.1 Å². The highest BCUT2D eigenvalue weighted by Crippen LogP contribution is 2.40. The molecule has 1 fully saturated rings. The van der Waals surface area contributed by atoms with Gasteiger partial charge in [-0.2, -0.15) is 23.5 Å². The molecule has 208 valence electrons. The van der Waals surface area contributed by atoms with Gasteiger partial charge in [-0.3, -0.25) is 9.48 Å². The second-order valence-electron chi connectivity index (χ2n) is 10.7. The number of nitrogens with one attached hydrogen (secondary N) is 1. The lowest BCUT2D eigenvalue weighted by molar-refractivity contribution is -0.211. The first kappa shape index (κ1) is 29.6. The lowest BCUT2D eigenvalue weighted by atomic mass is 9.84. The highest BCUT2D eigenvalue weighted by atomic mass is 32.2. The number of hydrogen-bond donors (Lipinski definition) is 2. The number of halogens is 3. The molecule has 1 aliphatic rings. The Balaban J connectivity index is 1.78. The smallest absolute Gasteiger partial charge is 0.388 e. The molecule has 1 saturated carbocycles. The molecule has 0 atom stereocenters. The lowest BCUT2D eigenvalue weighted by Gasteiger charge is -2.35. The molecule has 1 aromatic heterocycles. The summed E-state index contributed by atoms with van der Waals surface area (Å²) in [5.41, 5.74) is -1.70. The van der Waals surface area contributed by atoms with Gasteiger partial charge in [0.05, 0.1) is 33.6 Å². The fourth-order valence-corrected chi connectivity index (χ4v) is 5.77. The molecule has 38 heavy (non-hydrogen) atoms. The fraction of sp³-hybridized carbons (Fsp3) is 0.577. The lowest BCUT2D eigenvalue weighted by Crippen LogP contribution is -2.47. The highest BCUT2D eigenvalue weighted by molar-refractivity contribution is 7.91. The Bertz CT molecular complexity index is 1340. The van der Waals surface area contributed by atoms with E-state index in [9.17, 15) is 36.8 Å². The Hall–Kier alpha value is -2.91. The van der Waals surface area contributed by atoms with Gasteiger partial charge in [-0.05, 0) is 56.7 Å². The van der Waals surface area contributed by atoms with Crippen LogP contribution in [-0.4, -0.2) is 59.0 Å². The molecular formula is C26H33F3N4O4S. The van der Waals surface area contributed by atoms with Gasteiger partial charge in [0.15, 0.2) is 5.69 Å². The molecule has 0 unspecified atom stereocenters. The SMILES string of the molecule is CCn1nc(C(=O)NC[C@]2(O)CC[C@@H](S(C)(=O)=O)CC2)cc1-c1ccc(CC(C)(C)C(F)(F)F)cc1C#N. The molecule has 0 saturated heterocycles. The van der Waals surface area contributed by atoms with Crippen LogP contribution in [0.4, 0.5) is 13.2 Å². The van der Waals surface area contributed by atoms with Gasteiger partial charge in [0.25, 0.3) is 5.91 Å². The number of aromatic nitrogens is 2. The average molecular weight is 555 g/mol. The summed E-state index contributed by atoms with van der Waals surface area (Å²) in [5.74, 6) is -0.542. The van der Waals surface area contributed by atoms with Crippen LogP contribution < -0.4 is 5.32 Å². The second-order valence-corrected chi connectivity index (χ2v) is 13.0. The maximum atomic E-state index is 13.3. The average Bonchev–Trinajstić information content (AvgIpc) is 3.25. The standard InChI is InChI=1S/C26H33F3N4O4S/c1-5-33-22(20-7-6-17(12-18(20)15-30)14-24(2,3)26(27,28)29)13-21(32-33)23(34)31-16-25(35)10-8-19(9-11-25)38(4,36)37/h6-7,12-13,19,35H,5,8-11,14,16H2,1-4H3,(H,31,34)/t19-,25+. The van der Waals surface area contributed by atoms with Crippen LogP contribution in [0, 0.1) is 16.7 Å². The van der Waals surface area contributed by atoms with Gasteiger partial charge in [0, 0.05) is 24.9 Å². The van der Waals surface area contributed by atoms with Gasteiger partial charge >= 0.3 is 6.18 Å². The van der Waals surface area contributed by atoms with Crippen molar-refractivity contribution in [2.75, 3.05) is 12.8 Å². The highest BCUT2D eigenvalue weighted by Gasteiger charge is 2.47. The molecule has 3 rings (SSSR count). The van der Waals surface area contributed by atoms with Crippen molar-refractivity contribution >= 4 is 15.7 Å². The predicted octanol–water partition coefficient (Wildman–Crippen LogP) is 4.02. The largest absolute Gasteiger partial charge is 0.394 e. The number of hydrogen-bond acceptors (Lipinski definition) is 6. The third kappa shape index (κ3) is 6.56. The van der Waals surface area contributed by atoms with Crippen molar-refractivity contribution in [3.63, 3.8) is 0 Å². The zero-order valence-corrected chi connectivity index (χ0v) is 22.7. The molecule has 0 aliphatic heterocycles. The van der Waals surface area contributed by atoms with E-state index in [2.05, 4.69) is 10.4 Å². The molecule has 1 aromatic carbocycles. The Morgan fingerprint density at radius 3 is 2.42 bits per heavy atom. The zero-order valence-electron chi connectivity index (χ0n) is 21.9. The Morgan fingerprint density at radius 1 is 1.26 bits per heavy atom. The van der Waals surface area contributed by atoms with Crippen LogP contribution in [0.15, 0.2) is 24.3 Å². The first-order chi connectivity index (χ1) is 17.5. The number of rotatable bonds is 8. The number of alkyl halides is 3. The summed E-state index contributed by atoms with van der Waals surface area (Å²) in [5, 5.41) is 27.0. The van der Waals surface area contributed by atoms with Crippen LogP contribution in [0.3, 0.4) is 0 Å². The number of amides is 1. The Kier molecular flexibility index (Phi) is 8.34. The number of carbonyl (C=O) groups is 1. The van der Waals surface area contributed by atoms with Crippen LogP contribution in [-0.2, 0) is 22.8 Å². The minimum absolute atomic E-state index is 0.0569. The van der Waals surface area contributed by atoms with Gasteiger partial charge in [-0.15, -0.1) is 0 Å². The van der Waals surface area contributed by atoms with Crippen LogP contribution in [0.1, 0.15) is 68.1 Å². The Labute approximate surface area is 220 Å². The van der Waals surface area contributed by atoms with Crippen LogP contribution in [0.25, 0.3) is 11.3 Å². The van der Waals surface area contributed by atoms with Crippen LogP contribution in [0.5, 0.6) is 0 Å². The summed E-state index contributed by atoms with van der Waals surface area (Å²) in [6.07, 6.45) is -2.41. The van der Waals surface area contributed by atoms with E-state index in [1.807, 2.05) is 6.07 Å². The van der Waals surface area contributed by atoms with Crippen LogP contribution >= 0.6 is 0 Å². The molecule has 8 nitrogen and oxygen atoms in total. The summed E-state index contributed by atoms with van der Waals surface area (Å²) < 4.78 is 65.1. The van der Waals surface area contributed by atoms with Gasteiger partial charge in [0.2, 0.25) is 0 Å². The molecule has 2 aromatic rings. The number of nitriles is 1. The summed E-state index contributed by atoms with van der Waals surface area (Å²) in [6, 6.07) is 8.07. The van der Waals surface area contributed by atoms with E-state index in [1.54, 1.807) is 19.1 Å². The molecular weight excluding hydrogens is 521 g/mol. The maximum absolute atomic E-state index is 13.3. The molecule has 2 N–H and O–H groups in total. The quantitative estimate of drug-likeness (QED) is 0.508. The van der Waals surface area contributed by atoms with E-state index >= 15 is 0 Å². The normalized spacial score (nSPS) is 20.7. The first-order valence-electron chi connectivity index (χ1n) is 12.4. The van der Waals surface area contributed by atoms with Gasteiger partial charge in [-0.1, -0.05) is 26.0 Å². The third-order valence-corrected chi connectivity index (χ3v) is 8.94. The molecule has 1 heterocycles.